The molecule has 1 amide bonds. The molecular weight excluding hydrogens is 376 g/mol. The second-order valence-corrected chi connectivity index (χ2v) is 7.49. The highest BCUT2D eigenvalue weighted by Crippen LogP contribution is 2.26. The van der Waals surface area contributed by atoms with Crippen molar-refractivity contribution < 1.29 is 4.79 Å². The zero-order valence-electron chi connectivity index (χ0n) is 16.8. The zero-order chi connectivity index (χ0) is 20.6. The first-order valence-electron chi connectivity index (χ1n) is 10.3. The molecule has 7 heteroatoms. The summed E-state index contributed by atoms with van der Waals surface area (Å²) in [6.45, 7) is 2.06. The summed E-state index contributed by atoms with van der Waals surface area (Å²) in [4.78, 5) is 15.2. The Labute approximate surface area is 176 Å². The SMILES string of the molecule is O=C(NCCc1ccccc1)[C@@H]1C[C@H](n2cnnn2)CN1C/C=C/c1ccccc1. The van der Waals surface area contributed by atoms with E-state index >= 15 is 0 Å². The maximum atomic E-state index is 13.0. The highest BCUT2D eigenvalue weighted by molar-refractivity contribution is 5.82. The number of rotatable bonds is 8. The Hall–Kier alpha value is -3.32. The van der Waals surface area contributed by atoms with Crippen LogP contribution in [0.1, 0.15) is 23.6 Å². The average Bonchev–Trinajstić information content (AvgIpc) is 3.45. The Balaban J connectivity index is 1.38. The van der Waals surface area contributed by atoms with E-state index in [1.54, 1.807) is 11.0 Å². The summed E-state index contributed by atoms with van der Waals surface area (Å²) in [6.07, 6.45) is 7.35. The predicted molar refractivity (Wildman–Crippen MR) is 115 cm³/mol. The maximum Gasteiger partial charge on any atom is 0.237 e. The molecule has 0 saturated carbocycles. The topological polar surface area (TPSA) is 75.9 Å². The minimum Gasteiger partial charge on any atom is -0.354 e. The Morgan fingerprint density at radius 1 is 1.10 bits per heavy atom. The lowest BCUT2D eigenvalue weighted by Crippen LogP contribution is -2.43. The van der Waals surface area contributed by atoms with Gasteiger partial charge in [-0.2, -0.15) is 0 Å². The summed E-state index contributed by atoms with van der Waals surface area (Å²) in [7, 11) is 0. The molecule has 4 rings (SSSR count). The van der Waals surface area contributed by atoms with Gasteiger partial charge >= 0.3 is 0 Å². The molecule has 30 heavy (non-hydrogen) atoms. The number of amides is 1. The Morgan fingerprint density at radius 2 is 1.87 bits per heavy atom. The van der Waals surface area contributed by atoms with E-state index in [2.05, 4.69) is 62.2 Å². The lowest BCUT2D eigenvalue weighted by Gasteiger charge is -2.22. The average molecular weight is 403 g/mol. The van der Waals surface area contributed by atoms with E-state index in [9.17, 15) is 4.79 Å². The number of aromatic nitrogens is 4. The van der Waals surface area contributed by atoms with Crippen LogP contribution in [0.5, 0.6) is 0 Å². The minimum absolute atomic E-state index is 0.0645. The van der Waals surface area contributed by atoms with Crippen molar-refractivity contribution in [1.82, 2.24) is 30.4 Å². The molecule has 2 heterocycles. The minimum atomic E-state index is -0.199. The molecular formula is C23H26N6O. The van der Waals surface area contributed by atoms with E-state index in [-0.39, 0.29) is 18.0 Å². The van der Waals surface area contributed by atoms with Crippen LogP contribution in [0.25, 0.3) is 6.08 Å². The van der Waals surface area contributed by atoms with Crippen LogP contribution in [-0.4, -0.2) is 56.7 Å². The van der Waals surface area contributed by atoms with Crippen molar-refractivity contribution in [3.8, 4) is 0 Å². The number of hydrogen-bond donors (Lipinski definition) is 1. The molecule has 154 valence electrons. The third-order valence-electron chi connectivity index (χ3n) is 5.43. The first-order valence-corrected chi connectivity index (χ1v) is 10.3. The smallest absolute Gasteiger partial charge is 0.237 e. The lowest BCUT2D eigenvalue weighted by molar-refractivity contribution is -0.125. The summed E-state index contributed by atoms with van der Waals surface area (Å²) < 4.78 is 1.76. The van der Waals surface area contributed by atoms with Crippen molar-refractivity contribution in [2.75, 3.05) is 19.6 Å². The molecule has 0 unspecified atom stereocenters. The van der Waals surface area contributed by atoms with Crippen LogP contribution in [0.15, 0.2) is 73.1 Å². The number of hydrogen-bond acceptors (Lipinski definition) is 5. The standard InChI is InChI=1S/C23H26N6O/c30-23(24-14-13-20-10-5-2-6-11-20)22-16-21(29-18-25-26-27-29)17-28(22)15-7-12-19-8-3-1-4-9-19/h1-12,18,21-22H,13-17H2,(H,24,30)/b12-7+/t21-,22-/m0/s1. The second-order valence-electron chi connectivity index (χ2n) is 7.49. The number of nitrogens with one attached hydrogen (secondary N) is 1. The number of likely N-dealkylation sites (tertiary alicyclic amines) is 1. The lowest BCUT2D eigenvalue weighted by atomic mass is 10.1. The van der Waals surface area contributed by atoms with E-state index in [4.69, 9.17) is 0 Å². The molecule has 1 saturated heterocycles. The fourth-order valence-corrected chi connectivity index (χ4v) is 3.86. The van der Waals surface area contributed by atoms with Crippen molar-refractivity contribution >= 4 is 12.0 Å². The van der Waals surface area contributed by atoms with Crippen LogP contribution >= 0.6 is 0 Å². The molecule has 1 aromatic heterocycles. The van der Waals surface area contributed by atoms with Gasteiger partial charge in [-0.15, -0.1) is 5.10 Å². The monoisotopic (exact) mass is 402 g/mol. The normalized spacial score (nSPS) is 19.3. The molecule has 3 aromatic rings. The number of tetrazole rings is 1. The van der Waals surface area contributed by atoms with E-state index in [0.29, 0.717) is 19.5 Å². The molecule has 0 spiro atoms. The van der Waals surface area contributed by atoms with Crippen molar-refractivity contribution in [2.24, 2.45) is 0 Å². The fraction of sp³-hybridized carbons (Fsp3) is 0.304. The number of nitrogens with zero attached hydrogens (tertiary/aromatic N) is 5. The van der Waals surface area contributed by atoms with Gasteiger partial charge in [0, 0.05) is 19.6 Å². The Morgan fingerprint density at radius 3 is 2.60 bits per heavy atom. The molecule has 0 bridgehead atoms. The third kappa shape index (κ3) is 5.18. The highest BCUT2D eigenvalue weighted by atomic mass is 16.2. The van der Waals surface area contributed by atoms with Gasteiger partial charge in [-0.25, -0.2) is 4.68 Å². The largest absolute Gasteiger partial charge is 0.354 e. The zero-order valence-corrected chi connectivity index (χ0v) is 16.8. The first-order chi connectivity index (χ1) is 14.8. The van der Waals surface area contributed by atoms with Crippen LogP contribution in [0.2, 0.25) is 0 Å². The van der Waals surface area contributed by atoms with Crippen molar-refractivity contribution in [1.29, 1.82) is 0 Å². The van der Waals surface area contributed by atoms with E-state index < -0.39 is 0 Å². The molecule has 7 nitrogen and oxygen atoms in total. The Kier molecular flexibility index (Phi) is 6.61. The first kappa shape index (κ1) is 20.0. The molecule has 1 fully saturated rings. The van der Waals surface area contributed by atoms with Crippen LogP contribution < -0.4 is 5.32 Å². The van der Waals surface area contributed by atoms with E-state index in [0.717, 1.165) is 18.5 Å². The quantitative estimate of drug-likeness (QED) is 0.626. The summed E-state index contributed by atoms with van der Waals surface area (Å²) in [5.41, 5.74) is 2.37. The van der Waals surface area contributed by atoms with Gasteiger partial charge in [-0.1, -0.05) is 72.8 Å². The Bertz CT molecular complexity index is 942. The van der Waals surface area contributed by atoms with Gasteiger partial charge < -0.3 is 5.32 Å². The summed E-state index contributed by atoms with van der Waals surface area (Å²) in [5.74, 6) is 0.0645. The molecule has 0 radical (unpaired) electrons. The fourth-order valence-electron chi connectivity index (χ4n) is 3.86. The van der Waals surface area contributed by atoms with Crippen molar-refractivity contribution in [3.63, 3.8) is 0 Å². The number of benzene rings is 2. The molecule has 2 atom stereocenters. The molecule has 1 aliphatic rings. The van der Waals surface area contributed by atoms with E-state index in [1.807, 2.05) is 36.4 Å². The summed E-state index contributed by atoms with van der Waals surface area (Å²) in [6, 6.07) is 20.3. The van der Waals surface area contributed by atoms with Gasteiger partial charge in [0.05, 0.1) is 12.1 Å². The molecule has 0 aliphatic carbocycles. The van der Waals surface area contributed by atoms with Gasteiger partial charge in [0.2, 0.25) is 5.91 Å². The van der Waals surface area contributed by atoms with Crippen LogP contribution in [0.4, 0.5) is 0 Å². The van der Waals surface area contributed by atoms with Gasteiger partial charge in [0.1, 0.15) is 6.33 Å². The maximum absolute atomic E-state index is 13.0. The van der Waals surface area contributed by atoms with Gasteiger partial charge in [-0.3, -0.25) is 9.69 Å². The molecule has 1 N–H and O–H groups in total. The van der Waals surface area contributed by atoms with E-state index in [1.165, 1.54) is 5.56 Å². The number of carbonyl (C=O) groups excluding carboxylic acids is 1. The van der Waals surface area contributed by atoms with Crippen molar-refractivity contribution in [3.05, 3.63) is 84.2 Å². The van der Waals surface area contributed by atoms with Crippen LogP contribution in [0.3, 0.4) is 0 Å². The summed E-state index contributed by atoms with van der Waals surface area (Å²) >= 11 is 0. The van der Waals surface area contributed by atoms with Crippen LogP contribution in [0, 0.1) is 0 Å². The second kappa shape index (κ2) is 9.93. The molecule has 1 aliphatic heterocycles. The van der Waals surface area contributed by atoms with Gasteiger partial charge in [0.15, 0.2) is 0 Å². The highest BCUT2D eigenvalue weighted by Gasteiger charge is 2.37. The predicted octanol–water partition coefficient (Wildman–Crippen LogP) is 2.36. The number of carbonyl (C=O) groups is 1. The summed E-state index contributed by atoms with van der Waals surface area (Å²) in [5, 5.41) is 14.6. The van der Waals surface area contributed by atoms with Gasteiger partial charge in [-0.05, 0) is 34.4 Å². The van der Waals surface area contributed by atoms with Crippen LogP contribution in [-0.2, 0) is 11.2 Å². The van der Waals surface area contributed by atoms with Crippen molar-refractivity contribution in [2.45, 2.75) is 24.9 Å². The third-order valence-corrected chi connectivity index (χ3v) is 5.43. The molecule has 2 aromatic carbocycles. The van der Waals surface area contributed by atoms with Gasteiger partial charge in [0.25, 0.3) is 0 Å².